The standard InChI is InChI=1S/C15H18Si/c1-11-9-12(2)15(13(3)10-11)16-14-7-5-4-6-8-14/h4-10H,16H2,1-3H3. The van der Waals surface area contributed by atoms with Crippen molar-refractivity contribution in [2.75, 3.05) is 0 Å². The fourth-order valence-electron chi connectivity index (χ4n) is 2.29. The second-order valence-electron chi connectivity index (χ2n) is 4.54. The molecule has 0 bridgehead atoms. The van der Waals surface area contributed by atoms with Crippen LogP contribution in [0.15, 0.2) is 42.5 Å². The molecule has 0 saturated heterocycles. The Morgan fingerprint density at radius 2 is 1.38 bits per heavy atom. The van der Waals surface area contributed by atoms with Crippen LogP contribution in [0.4, 0.5) is 0 Å². The van der Waals surface area contributed by atoms with Crippen LogP contribution >= 0.6 is 0 Å². The quantitative estimate of drug-likeness (QED) is 0.684. The molecule has 16 heavy (non-hydrogen) atoms. The van der Waals surface area contributed by atoms with Gasteiger partial charge < -0.3 is 0 Å². The molecule has 0 atom stereocenters. The lowest BCUT2D eigenvalue weighted by Crippen LogP contribution is -2.31. The Morgan fingerprint density at radius 1 is 0.812 bits per heavy atom. The van der Waals surface area contributed by atoms with Crippen LogP contribution in [-0.4, -0.2) is 9.52 Å². The van der Waals surface area contributed by atoms with Crippen molar-refractivity contribution < 1.29 is 0 Å². The molecule has 0 aliphatic heterocycles. The number of rotatable bonds is 2. The molecule has 0 nitrogen and oxygen atoms in total. The van der Waals surface area contributed by atoms with Crippen molar-refractivity contribution in [2.24, 2.45) is 0 Å². The maximum absolute atomic E-state index is 2.30. The van der Waals surface area contributed by atoms with E-state index in [1.165, 1.54) is 21.9 Å². The average molecular weight is 226 g/mol. The van der Waals surface area contributed by atoms with E-state index < -0.39 is 0 Å². The fraction of sp³-hybridized carbons (Fsp3) is 0.200. The molecular formula is C15H18Si. The predicted molar refractivity (Wildman–Crippen MR) is 74.9 cm³/mol. The Labute approximate surface area is 100 Å². The molecule has 0 radical (unpaired) electrons. The van der Waals surface area contributed by atoms with Gasteiger partial charge in [-0.15, -0.1) is 0 Å². The molecule has 0 spiro atoms. The van der Waals surface area contributed by atoms with E-state index in [0.29, 0.717) is 0 Å². The minimum Gasteiger partial charge on any atom is -0.0633 e. The largest absolute Gasteiger partial charge is 0.0882 e. The first kappa shape index (κ1) is 11.2. The van der Waals surface area contributed by atoms with Crippen LogP contribution in [0.2, 0.25) is 0 Å². The Bertz CT molecular complexity index is 463. The lowest BCUT2D eigenvalue weighted by Gasteiger charge is -2.10. The molecule has 0 fully saturated rings. The van der Waals surface area contributed by atoms with Gasteiger partial charge in [-0.1, -0.05) is 69.5 Å². The van der Waals surface area contributed by atoms with E-state index in [2.05, 4.69) is 63.2 Å². The predicted octanol–water partition coefficient (Wildman–Crippen LogP) is 1.73. The maximum atomic E-state index is 2.30. The molecule has 0 amide bonds. The van der Waals surface area contributed by atoms with Gasteiger partial charge >= 0.3 is 0 Å². The molecule has 0 N–H and O–H groups in total. The zero-order valence-corrected chi connectivity index (χ0v) is 11.7. The summed E-state index contributed by atoms with van der Waals surface area (Å²) < 4.78 is 0. The molecule has 0 unspecified atom stereocenters. The molecule has 0 heterocycles. The Kier molecular flexibility index (Phi) is 3.25. The van der Waals surface area contributed by atoms with Crippen molar-refractivity contribution in [3.8, 4) is 0 Å². The Morgan fingerprint density at radius 3 is 1.94 bits per heavy atom. The molecule has 0 aromatic heterocycles. The van der Waals surface area contributed by atoms with Gasteiger partial charge in [0.25, 0.3) is 0 Å². The zero-order valence-electron chi connectivity index (χ0n) is 10.2. The molecule has 1 heteroatoms. The smallest absolute Gasteiger partial charge is 0.0633 e. The Balaban J connectivity index is 2.35. The number of aryl methyl sites for hydroxylation is 3. The number of hydrogen-bond donors (Lipinski definition) is 0. The number of hydrogen-bond acceptors (Lipinski definition) is 0. The van der Waals surface area contributed by atoms with Gasteiger partial charge in [0.15, 0.2) is 0 Å². The maximum Gasteiger partial charge on any atom is 0.0882 e. The summed E-state index contributed by atoms with van der Waals surface area (Å²) in [4.78, 5) is 0. The highest BCUT2D eigenvalue weighted by Crippen LogP contribution is 2.04. The molecule has 2 rings (SSSR count). The lowest BCUT2D eigenvalue weighted by atomic mass is 10.1. The van der Waals surface area contributed by atoms with Crippen LogP contribution in [0.3, 0.4) is 0 Å². The highest BCUT2D eigenvalue weighted by Gasteiger charge is 2.05. The summed E-state index contributed by atoms with van der Waals surface area (Å²) in [6, 6.07) is 15.5. The molecule has 0 aliphatic carbocycles. The minimum absolute atomic E-state index is 0.308. The van der Waals surface area contributed by atoms with Crippen LogP contribution in [0.1, 0.15) is 16.7 Å². The van der Waals surface area contributed by atoms with Gasteiger partial charge in [0.1, 0.15) is 0 Å². The van der Waals surface area contributed by atoms with Crippen LogP contribution < -0.4 is 10.4 Å². The Hall–Kier alpha value is -1.34. The van der Waals surface area contributed by atoms with Crippen molar-refractivity contribution in [1.29, 1.82) is 0 Å². The summed E-state index contributed by atoms with van der Waals surface area (Å²) in [6.45, 7) is 6.66. The molecule has 2 aromatic rings. The van der Waals surface area contributed by atoms with E-state index in [1.807, 2.05) is 0 Å². The van der Waals surface area contributed by atoms with Crippen molar-refractivity contribution in [3.63, 3.8) is 0 Å². The third-order valence-electron chi connectivity index (χ3n) is 3.06. The van der Waals surface area contributed by atoms with Gasteiger partial charge in [0, 0.05) is 0 Å². The van der Waals surface area contributed by atoms with Crippen LogP contribution in [-0.2, 0) is 0 Å². The first-order chi connectivity index (χ1) is 7.66. The molecule has 0 aliphatic rings. The third-order valence-corrected chi connectivity index (χ3v) is 5.41. The molecule has 0 saturated carbocycles. The highest BCUT2D eigenvalue weighted by atomic mass is 28.2. The van der Waals surface area contributed by atoms with Crippen molar-refractivity contribution in [2.45, 2.75) is 20.8 Å². The third kappa shape index (κ3) is 2.42. The summed E-state index contributed by atoms with van der Waals surface area (Å²) >= 11 is 0. The second-order valence-corrected chi connectivity index (χ2v) is 6.42. The summed E-state index contributed by atoms with van der Waals surface area (Å²) in [5.74, 6) is 0. The van der Waals surface area contributed by atoms with E-state index in [-0.39, 0.29) is 9.52 Å². The monoisotopic (exact) mass is 226 g/mol. The van der Waals surface area contributed by atoms with E-state index in [9.17, 15) is 0 Å². The fourth-order valence-corrected chi connectivity index (χ4v) is 3.97. The minimum atomic E-state index is -0.308. The van der Waals surface area contributed by atoms with Crippen LogP contribution in [0.25, 0.3) is 0 Å². The lowest BCUT2D eigenvalue weighted by molar-refractivity contribution is 1.35. The van der Waals surface area contributed by atoms with Crippen LogP contribution in [0, 0.1) is 20.8 Å². The number of benzene rings is 2. The van der Waals surface area contributed by atoms with Gasteiger partial charge in [-0.2, -0.15) is 0 Å². The van der Waals surface area contributed by atoms with Gasteiger partial charge in [0.2, 0.25) is 0 Å². The molecule has 82 valence electrons. The first-order valence-electron chi connectivity index (χ1n) is 5.77. The van der Waals surface area contributed by atoms with E-state index >= 15 is 0 Å². The summed E-state index contributed by atoms with van der Waals surface area (Å²) in [7, 11) is -0.308. The SMILES string of the molecule is Cc1cc(C)c([SiH2]c2ccccc2)c(C)c1. The molecular weight excluding hydrogens is 208 g/mol. The van der Waals surface area contributed by atoms with Crippen molar-refractivity contribution in [1.82, 2.24) is 0 Å². The topological polar surface area (TPSA) is 0 Å². The average Bonchev–Trinajstić information content (AvgIpc) is 2.25. The van der Waals surface area contributed by atoms with Crippen LogP contribution in [0.5, 0.6) is 0 Å². The van der Waals surface area contributed by atoms with Gasteiger partial charge in [-0.3, -0.25) is 0 Å². The summed E-state index contributed by atoms with van der Waals surface area (Å²) in [5.41, 5.74) is 4.31. The highest BCUT2D eigenvalue weighted by molar-refractivity contribution is 6.68. The van der Waals surface area contributed by atoms with Crippen molar-refractivity contribution in [3.05, 3.63) is 59.2 Å². The summed E-state index contributed by atoms with van der Waals surface area (Å²) in [5, 5.41) is 3.13. The van der Waals surface area contributed by atoms with Gasteiger partial charge in [0.05, 0.1) is 9.52 Å². The van der Waals surface area contributed by atoms with E-state index in [1.54, 1.807) is 5.19 Å². The second kappa shape index (κ2) is 4.66. The normalized spacial score (nSPS) is 11.2. The van der Waals surface area contributed by atoms with E-state index in [4.69, 9.17) is 0 Å². The first-order valence-corrected chi connectivity index (χ1v) is 7.19. The van der Waals surface area contributed by atoms with E-state index in [0.717, 1.165) is 0 Å². The zero-order chi connectivity index (χ0) is 11.5. The van der Waals surface area contributed by atoms with Gasteiger partial charge in [-0.25, -0.2) is 0 Å². The molecule has 2 aromatic carbocycles. The van der Waals surface area contributed by atoms with Crippen molar-refractivity contribution >= 4 is 19.9 Å². The summed E-state index contributed by atoms with van der Waals surface area (Å²) in [6.07, 6.45) is 0. The van der Waals surface area contributed by atoms with Gasteiger partial charge in [-0.05, 0) is 20.8 Å².